The number of nitrogens with one attached hydrogen (secondary N) is 1. The monoisotopic (exact) mass is 262 g/mol. The molecule has 1 amide bonds. The maximum absolute atomic E-state index is 11.7. The van der Waals surface area contributed by atoms with Crippen molar-refractivity contribution in [3.63, 3.8) is 0 Å². The minimum atomic E-state index is -0.454. The summed E-state index contributed by atoms with van der Waals surface area (Å²) in [6.45, 7) is 8.68. The Morgan fingerprint density at radius 3 is 2.37 bits per heavy atom. The molecule has 0 spiro atoms. The lowest BCUT2D eigenvalue weighted by atomic mass is 9.97. The van der Waals surface area contributed by atoms with E-state index in [9.17, 15) is 4.79 Å². The Hall–Kier alpha value is -1.35. The molecule has 1 rings (SSSR count). The van der Waals surface area contributed by atoms with Gasteiger partial charge < -0.3 is 11.1 Å². The molecule has 19 heavy (non-hydrogen) atoms. The van der Waals surface area contributed by atoms with Gasteiger partial charge >= 0.3 is 0 Å². The highest BCUT2D eigenvalue weighted by Gasteiger charge is 2.15. The van der Waals surface area contributed by atoms with Crippen molar-refractivity contribution in [3.8, 4) is 0 Å². The molecule has 0 bridgehead atoms. The van der Waals surface area contributed by atoms with Gasteiger partial charge in [0, 0.05) is 18.5 Å². The van der Waals surface area contributed by atoms with Gasteiger partial charge in [-0.15, -0.1) is 0 Å². The van der Waals surface area contributed by atoms with E-state index in [4.69, 9.17) is 5.73 Å². The summed E-state index contributed by atoms with van der Waals surface area (Å²) < 4.78 is 0. The Bertz CT molecular complexity index is 404. The van der Waals surface area contributed by atoms with Crippen LogP contribution in [-0.2, 0) is 11.3 Å². The zero-order valence-electron chi connectivity index (χ0n) is 12.5. The molecule has 1 unspecified atom stereocenters. The minimum Gasteiger partial charge on any atom is -0.352 e. The molecule has 0 aliphatic rings. The molecule has 0 aliphatic carbocycles. The first kappa shape index (κ1) is 15.7. The third-order valence-electron chi connectivity index (χ3n) is 3.27. The van der Waals surface area contributed by atoms with Crippen LogP contribution in [0, 0.1) is 0 Å². The molecular weight excluding hydrogens is 236 g/mol. The van der Waals surface area contributed by atoms with Gasteiger partial charge in [0.1, 0.15) is 0 Å². The van der Waals surface area contributed by atoms with Crippen molar-refractivity contribution in [2.45, 2.75) is 58.5 Å². The van der Waals surface area contributed by atoms with Gasteiger partial charge in [-0.1, -0.05) is 38.1 Å². The quantitative estimate of drug-likeness (QED) is 0.828. The number of amides is 1. The van der Waals surface area contributed by atoms with Crippen molar-refractivity contribution >= 4 is 5.91 Å². The molecule has 1 aromatic carbocycles. The highest BCUT2D eigenvalue weighted by Crippen LogP contribution is 2.18. The number of carbonyl (C=O) groups is 1. The third kappa shape index (κ3) is 5.88. The molecule has 0 fully saturated rings. The highest BCUT2D eigenvalue weighted by atomic mass is 16.1. The average Bonchev–Trinajstić information content (AvgIpc) is 2.34. The summed E-state index contributed by atoms with van der Waals surface area (Å²) in [5.74, 6) is 0.584. The topological polar surface area (TPSA) is 55.1 Å². The maximum atomic E-state index is 11.7. The van der Waals surface area contributed by atoms with Crippen LogP contribution in [-0.4, -0.2) is 11.4 Å². The first-order chi connectivity index (χ1) is 8.81. The fourth-order valence-corrected chi connectivity index (χ4v) is 1.88. The summed E-state index contributed by atoms with van der Waals surface area (Å²) in [5, 5.41) is 2.90. The first-order valence-electron chi connectivity index (χ1n) is 6.96. The van der Waals surface area contributed by atoms with Gasteiger partial charge in [-0.05, 0) is 37.3 Å². The van der Waals surface area contributed by atoms with Crippen LogP contribution >= 0.6 is 0 Å². The molecule has 3 N–H and O–H groups in total. The Morgan fingerprint density at radius 2 is 1.89 bits per heavy atom. The largest absolute Gasteiger partial charge is 0.352 e. The van der Waals surface area contributed by atoms with Crippen LogP contribution in [0.3, 0.4) is 0 Å². The molecule has 1 atom stereocenters. The van der Waals surface area contributed by atoms with Crippen LogP contribution in [0.1, 0.15) is 57.6 Å². The second-order valence-electron chi connectivity index (χ2n) is 5.99. The maximum Gasteiger partial charge on any atom is 0.222 e. The Morgan fingerprint density at radius 1 is 1.32 bits per heavy atom. The summed E-state index contributed by atoms with van der Waals surface area (Å²) in [6.07, 6.45) is 1.49. The highest BCUT2D eigenvalue weighted by molar-refractivity contribution is 5.77. The fraction of sp³-hybridized carbons (Fsp3) is 0.562. The van der Waals surface area contributed by atoms with E-state index in [-0.39, 0.29) is 5.91 Å². The summed E-state index contributed by atoms with van der Waals surface area (Å²) in [6, 6.07) is 8.44. The minimum absolute atomic E-state index is 0.00139. The lowest BCUT2D eigenvalue weighted by molar-refractivity contribution is -0.122. The van der Waals surface area contributed by atoms with E-state index in [1.54, 1.807) is 0 Å². The Labute approximate surface area is 116 Å². The summed E-state index contributed by atoms with van der Waals surface area (Å²) in [4.78, 5) is 11.7. The van der Waals surface area contributed by atoms with E-state index < -0.39 is 5.54 Å². The summed E-state index contributed by atoms with van der Waals surface area (Å²) in [7, 11) is 0. The molecule has 0 aliphatic heterocycles. The van der Waals surface area contributed by atoms with Crippen LogP contribution in [0.5, 0.6) is 0 Å². The predicted octanol–water partition coefficient (Wildman–Crippen LogP) is 2.94. The fourth-order valence-electron chi connectivity index (χ4n) is 1.88. The van der Waals surface area contributed by atoms with Crippen molar-refractivity contribution < 1.29 is 4.79 Å². The van der Waals surface area contributed by atoms with Gasteiger partial charge in [-0.2, -0.15) is 0 Å². The lowest BCUT2D eigenvalue weighted by Gasteiger charge is -2.17. The van der Waals surface area contributed by atoms with E-state index >= 15 is 0 Å². The van der Waals surface area contributed by atoms with Crippen molar-refractivity contribution in [3.05, 3.63) is 35.4 Å². The molecule has 0 saturated carbocycles. The standard InChI is InChI=1S/C16H26N2O/c1-5-12(2)14-8-6-13(7-9-14)11-18-15(19)10-16(3,4)17/h6-9,12H,5,10-11,17H2,1-4H3,(H,18,19). The number of hydrogen-bond donors (Lipinski definition) is 2. The average molecular weight is 262 g/mol. The molecule has 106 valence electrons. The molecule has 3 nitrogen and oxygen atoms in total. The smallest absolute Gasteiger partial charge is 0.222 e. The predicted molar refractivity (Wildman–Crippen MR) is 79.9 cm³/mol. The van der Waals surface area contributed by atoms with E-state index in [1.165, 1.54) is 5.56 Å². The van der Waals surface area contributed by atoms with Crippen LogP contribution in [0.2, 0.25) is 0 Å². The third-order valence-corrected chi connectivity index (χ3v) is 3.27. The van der Waals surface area contributed by atoms with Gasteiger partial charge in [0.25, 0.3) is 0 Å². The molecule has 0 aromatic heterocycles. The molecule has 0 heterocycles. The van der Waals surface area contributed by atoms with E-state index in [0.717, 1.165) is 12.0 Å². The normalized spacial score (nSPS) is 13.1. The molecule has 0 saturated heterocycles. The van der Waals surface area contributed by atoms with Gasteiger partial charge in [0.05, 0.1) is 0 Å². The summed E-state index contributed by atoms with van der Waals surface area (Å²) in [5.41, 5.74) is 7.83. The van der Waals surface area contributed by atoms with Crippen molar-refractivity contribution in [2.75, 3.05) is 0 Å². The SMILES string of the molecule is CCC(C)c1ccc(CNC(=O)CC(C)(C)N)cc1. The van der Waals surface area contributed by atoms with Crippen LogP contribution in [0.15, 0.2) is 24.3 Å². The zero-order chi connectivity index (χ0) is 14.5. The second-order valence-corrected chi connectivity index (χ2v) is 5.99. The molecule has 1 aromatic rings. The van der Waals surface area contributed by atoms with E-state index in [2.05, 4.69) is 43.4 Å². The first-order valence-corrected chi connectivity index (χ1v) is 6.96. The zero-order valence-corrected chi connectivity index (χ0v) is 12.5. The van der Waals surface area contributed by atoms with Gasteiger partial charge in [-0.25, -0.2) is 0 Å². The van der Waals surface area contributed by atoms with Gasteiger partial charge in [0.2, 0.25) is 5.91 Å². The molecular formula is C16H26N2O. The number of carbonyl (C=O) groups excluding carboxylic acids is 1. The Balaban J connectivity index is 2.48. The number of rotatable bonds is 6. The van der Waals surface area contributed by atoms with Crippen LogP contribution in [0.4, 0.5) is 0 Å². The van der Waals surface area contributed by atoms with Crippen LogP contribution < -0.4 is 11.1 Å². The van der Waals surface area contributed by atoms with Gasteiger partial charge in [0.15, 0.2) is 0 Å². The van der Waals surface area contributed by atoms with Gasteiger partial charge in [-0.3, -0.25) is 4.79 Å². The van der Waals surface area contributed by atoms with E-state index in [1.807, 2.05) is 13.8 Å². The lowest BCUT2D eigenvalue weighted by Crippen LogP contribution is -2.38. The number of hydrogen-bond acceptors (Lipinski definition) is 2. The summed E-state index contributed by atoms with van der Waals surface area (Å²) >= 11 is 0. The number of benzene rings is 1. The van der Waals surface area contributed by atoms with Crippen molar-refractivity contribution in [1.29, 1.82) is 0 Å². The second kappa shape index (κ2) is 6.71. The van der Waals surface area contributed by atoms with Crippen LogP contribution in [0.25, 0.3) is 0 Å². The Kier molecular flexibility index (Phi) is 5.55. The molecule has 0 radical (unpaired) electrons. The van der Waals surface area contributed by atoms with Crippen molar-refractivity contribution in [2.24, 2.45) is 5.73 Å². The van der Waals surface area contributed by atoms with Crippen molar-refractivity contribution in [1.82, 2.24) is 5.32 Å². The van der Waals surface area contributed by atoms with E-state index in [0.29, 0.717) is 18.9 Å². The molecule has 3 heteroatoms. The number of nitrogens with two attached hydrogens (primary N) is 1.